The Morgan fingerprint density at radius 3 is 2.21 bits per heavy atom. The van der Waals surface area contributed by atoms with Gasteiger partial charge >= 0.3 is 0 Å². The number of nitrogens with zero attached hydrogens (tertiary/aromatic N) is 2. The van der Waals surface area contributed by atoms with E-state index in [1.165, 1.54) is 64.7 Å². The molecule has 0 aromatic carbocycles. The summed E-state index contributed by atoms with van der Waals surface area (Å²) in [5.74, 6) is 0.733. The SMILES string of the molecule is CCC(C)C(CN)N1CCC(N2CCCCC2)CC1. The Morgan fingerprint density at radius 1 is 1.05 bits per heavy atom. The maximum atomic E-state index is 6.01. The molecule has 0 aromatic heterocycles. The molecule has 0 amide bonds. The number of hydrogen-bond acceptors (Lipinski definition) is 3. The molecule has 3 heteroatoms. The molecule has 2 aliphatic heterocycles. The molecule has 0 saturated carbocycles. The second-order valence-corrected chi connectivity index (χ2v) is 6.55. The first kappa shape index (κ1) is 15.3. The fraction of sp³-hybridized carbons (Fsp3) is 1.00. The van der Waals surface area contributed by atoms with Gasteiger partial charge in [-0.3, -0.25) is 4.90 Å². The van der Waals surface area contributed by atoms with E-state index in [1.807, 2.05) is 0 Å². The number of nitrogens with two attached hydrogens (primary N) is 1. The normalized spacial score (nSPS) is 27.3. The molecule has 2 atom stereocenters. The van der Waals surface area contributed by atoms with Crippen molar-refractivity contribution in [3.8, 4) is 0 Å². The molecule has 2 aliphatic rings. The zero-order valence-corrected chi connectivity index (χ0v) is 13.0. The minimum absolute atomic E-state index is 0.604. The minimum atomic E-state index is 0.604. The maximum Gasteiger partial charge on any atom is 0.0243 e. The van der Waals surface area contributed by atoms with E-state index in [2.05, 4.69) is 23.6 Å². The van der Waals surface area contributed by atoms with Crippen LogP contribution in [0.4, 0.5) is 0 Å². The smallest absolute Gasteiger partial charge is 0.0243 e. The van der Waals surface area contributed by atoms with E-state index in [0.717, 1.165) is 18.5 Å². The topological polar surface area (TPSA) is 32.5 Å². The first-order valence-electron chi connectivity index (χ1n) is 8.44. The summed E-state index contributed by atoms with van der Waals surface area (Å²) in [5, 5.41) is 0. The zero-order valence-electron chi connectivity index (χ0n) is 13.0. The monoisotopic (exact) mass is 267 g/mol. The number of rotatable bonds is 5. The van der Waals surface area contributed by atoms with Crippen LogP contribution in [0, 0.1) is 5.92 Å². The Bertz CT molecular complexity index is 242. The van der Waals surface area contributed by atoms with Gasteiger partial charge in [0.25, 0.3) is 0 Å². The van der Waals surface area contributed by atoms with Crippen molar-refractivity contribution in [1.82, 2.24) is 9.80 Å². The molecule has 19 heavy (non-hydrogen) atoms. The third-order valence-corrected chi connectivity index (χ3v) is 5.42. The number of piperidine rings is 2. The highest BCUT2D eigenvalue weighted by Gasteiger charge is 2.29. The lowest BCUT2D eigenvalue weighted by Gasteiger charge is -2.43. The molecule has 2 rings (SSSR count). The van der Waals surface area contributed by atoms with Crippen LogP contribution >= 0.6 is 0 Å². The van der Waals surface area contributed by atoms with Crippen LogP contribution in [-0.4, -0.2) is 54.6 Å². The van der Waals surface area contributed by atoms with Crippen molar-refractivity contribution in [3.63, 3.8) is 0 Å². The van der Waals surface area contributed by atoms with Crippen molar-refractivity contribution in [2.75, 3.05) is 32.7 Å². The summed E-state index contributed by atoms with van der Waals surface area (Å²) >= 11 is 0. The van der Waals surface area contributed by atoms with Gasteiger partial charge in [0.2, 0.25) is 0 Å². The van der Waals surface area contributed by atoms with Crippen molar-refractivity contribution in [2.24, 2.45) is 11.7 Å². The fourth-order valence-electron chi connectivity index (χ4n) is 3.88. The minimum Gasteiger partial charge on any atom is -0.329 e. The van der Waals surface area contributed by atoms with Gasteiger partial charge in [-0.25, -0.2) is 0 Å². The Hall–Kier alpha value is -0.120. The average molecular weight is 267 g/mol. The van der Waals surface area contributed by atoms with E-state index < -0.39 is 0 Å². The molecule has 0 radical (unpaired) electrons. The second-order valence-electron chi connectivity index (χ2n) is 6.55. The molecule has 0 spiro atoms. The predicted octanol–water partition coefficient (Wildman–Crippen LogP) is 2.31. The van der Waals surface area contributed by atoms with E-state index in [4.69, 9.17) is 5.73 Å². The average Bonchev–Trinajstić information content (AvgIpc) is 2.49. The summed E-state index contributed by atoms with van der Waals surface area (Å²) < 4.78 is 0. The van der Waals surface area contributed by atoms with Gasteiger partial charge in [-0.05, 0) is 57.8 Å². The Balaban J connectivity index is 1.80. The first-order chi connectivity index (χ1) is 9.26. The van der Waals surface area contributed by atoms with Crippen molar-refractivity contribution in [1.29, 1.82) is 0 Å². The van der Waals surface area contributed by atoms with Gasteiger partial charge in [-0.1, -0.05) is 26.7 Å². The summed E-state index contributed by atoms with van der Waals surface area (Å²) in [6.07, 6.45) is 8.23. The molecule has 0 aromatic rings. The summed E-state index contributed by atoms with van der Waals surface area (Å²) in [6, 6.07) is 1.46. The third-order valence-electron chi connectivity index (χ3n) is 5.42. The lowest BCUT2D eigenvalue weighted by Crippen LogP contribution is -2.52. The molecule has 2 fully saturated rings. The molecule has 3 nitrogen and oxygen atoms in total. The van der Waals surface area contributed by atoms with Crippen LogP contribution in [0.2, 0.25) is 0 Å². The van der Waals surface area contributed by atoms with Gasteiger partial charge in [0.1, 0.15) is 0 Å². The van der Waals surface area contributed by atoms with Crippen molar-refractivity contribution in [3.05, 3.63) is 0 Å². The summed E-state index contributed by atoms with van der Waals surface area (Å²) in [5.41, 5.74) is 6.01. The number of hydrogen-bond donors (Lipinski definition) is 1. The van der Waals surface area contributed by atoms with E-state index in [9.17, 15) is 0 Å². The summed E-state index contributed by atoms with van der Waals surface area (Å²) in [4.78, 5) is 5.41. The van der Waals surface area contributed by atoms with Crippen LogP contribution in [0.15, 0.2) is 0 Å². The lowest BCUT2D eigenvalue weighted by molar-refractivity contribution is 0.0590. The van der Waals surface area contributed by atoms with E-state index >= 15 is 0 Å². The van der Waals surface area contributed by atoms with E-state index in [0.29, 0.717) is 6.04 Å². The van der Waals surface area contributed by atoms with Crippen LogP contribution in [0.3, 0.4) is 0 Å². The van der Waals surface area contributed by atoms with Crippen molar-refractivity contribution < 1.29 is 0 Å². The highest BCUT2D eigenvalue weighted by molar-refractivity contribution is 4.86. The van der Waals surface area contributed by atoms with Crippen LogP contribution in [0.5, 0.6) is 0 Å². The summed E-state index contributed by atoms with van der Waals surface area (Å²) in [6.45, 7) is 10.7. The van der Waals surface area contributed by atoms with Gasteiger partial charge < -0.3 is 10.6 Å². The van der Waals surface area contributed by atoms with Gasteiger partial charge in [0, 0.05) is 18.6 Å². The Kier molecular flexibility index (Phi) is 6.11. The molecular weight excluding hydrogens is 234 g/mol. The quantitative estimate of drug-likeness (QED) is 0.829. The second kappa shape index (κ2) is 7.61. The van der Waals surface area contributed by atoms with E-state index in [-0.39, 0.29) is 0 Å². The van der Waals surface area contributed by atoms with Gasteiger partial charge in [-0.2, -0.15) is 0 Å². The molecular formula is C16H33N3. The van der Waals surface area contributed by atoms with Gasteiger partial charge in [0.05, 0.1) is 0 Å². The van der Waals surface area contributed by atoms with Crippen LogP contribution in [0.1, 0.15) is 52.4 Å². The van der Waals surface area contributed by atoms with Crippen LogP contribution in [-0.2, 0) is 0 Å². The largest absolute Gasteiger partial charge is 0.329 e. The fourth-order valence-corrected chi connectivity index (χ4v) is 3.88. The van der Waals surface area contributed by atoms with Crippen molar-refractivity contribution >= 4 is 0 Å². The standard InChI is InChI=1S/C16H33N3/c1-3-14(2)16(13-17)19-11-7-15(8-12-19)18-9-5-4-6-10-18/h14-16H,3-13,17H2,1-2H3. The van der Waals surface area contributed by atoms with Crippen molar-refractivity contribution in [2.45, 2.75) is 64.5 Å². The highest BCUT2D eigenvalue weighted by atomic mass is 15.2. The molecule has 112 valence electrons. The third kappa shape index (κ3) is 3.93. The first-order valence-corrected chi connectivity index (χ1v) is 8.44. The van der Waals surface area contributed by atoms with E-state index in [1.54, 1.807) is 0 Å². The molecule has 2 saturated heterocycles. The van der Waals surface area contributed by atoms with Gasteiger partial charge in [-0.15, -0.1) is 0 Å². The Morgan fingerprint density at radius 2 is 1.68 bits per heavy atom. The summed E-state index contributed by atoms with van der Waals surface area (Å²) in [7, 11) is 0. The highest BCUT2D eigenvalue weighted by Crippen LogP contribution is 2.24. The molecule has 2 unspecified atom stereocenters. The lowest BCUT2D eigenvalue weighted by atomic mass is 9.93. The van der Waals surface area contributed by atoms with Crippen LogP contribution < -0.4 is 5.73 Å². The molecule has 0 aliphatic carbocycles. The predicted molar refractivity (Wildman–Crippen MR) is 82.3 cm³/mol. The zero-order chi connectivity index (χ0) is 13.7. The molecule has 2 N–H and O–H groups in total. The van der Waals surface area contributed by atoms with Gasteiger partial charge in [0.15, 0.2) is 0 Å². The maximum absolute atomic E-state index is 6.01. The molecule has 0 bridgehead atoms. The number of likely N-dealkylation sites (tertiary alicyclic amines) is 2. The molecule has 2 heterocycles. The Labute approximate surface area is 119 Å². The van der Waals surface area contributed by atoms with Crippen LogP contribution in [0.25, 0.3) is 0 Å².